The van der Waals surface area contributed by atoms with Crippen LogP contribution in [0.3, 0.4) is 0 Å². The number of thiophene rings is 1. The van der Waals surface area contributed by atoms with E-state index in [9.17, 15) is 30.4 Å². The van der Waals surface area contributed by atoms with Gasteiger partial charge in [0.05, 0.1) is 9.40 Å². The predicted octanol–water partition coefficient (Wildman–Crippen LogP) is 4.56. The highest BCUT2D eigenvalue weighted by Gasteiger charge is 2.49. The maximum Gasteiger partial charge on any atom is 0.534 e. The van der Waals surface area contributed by atoms with E-state index >= 15 is 0 Å². The van der Waals surface area contributed by atoms with Crippen LogP contribution in [0.1, 0.15) is 0 Å². The second-order valence-electron chi connectivity index (χ2n) is 4.46. The van der Waals surface area contributed by atoms with Crippen LogP contribution in [0.15, 0.2) is 30.3 Å². The normalized spacial score (nSPS) is 12.9. The van der Waals surface area contributed by atoms with E-state index in [1.54, 1.807) is 0 Å². The zero-order valence-corrected chi connectivity index (χ0v) is 12.5. The Hall–Kier alpha value is -1.94. The summed E-state index contributed by atoms with van der Waals surface area (Å²) >= 11 is 0.656. The molecule has 0 aliphatic rings. The van der Waals surface area contributed by atoms with Crippen molar-refractivity contribution in [2.45, 2.75) is 5.51 Å². The van der Waals surface area contributed by atoms with E-state index in [1.807, 2.05) is 0 Å². The van der Waals surface area contributed by atoms with Gasteiger partial charge in [-0.2, -0.15) is 21.6 Å². The lowest BCUT2D eigenvalue weighted by molar-refractivity contribution is -0.0500. The maximum atomic E-state index is 14.3. The highest BCUT2D eigenvalue weighted by Crippen LogP contribution is 2.40. The van der Waals surface area contributed by atoms with E-state index < -0.39 is 33.0 Å². The smallest absolute Gasteiger partial charge is 0.373 e. The van der Waals surface area contributed by atoms with E-state index in [4.69, 9.17) is 0 Å². The number of hydrogen-bond acceptors (Lipinski definition) is 4. The molecule has 1 aromatic heterocycles. The van der Waals surface area contributed by atoms with Gasteiger partial charge >= 0.3 is 15.6 Å². The van der Waals surface area contributed by atoms with Gasteiger partial charge in [0.15, 0.2) is 11.6 Å². The summed E-state index contributed by atoms with van der Waals surface area (Å²) in [6, 6.07) is 6.01. The fraction of sp³-hybridized carbons (Fsp3) is 0.0769. The van der Waals surface area contributed by atoms with E-state index in [2.05, 4.69) is 4.18 Å². The van der Waals surface area contributed by atoms with Gasteiger partial charge in [0.25, 0.3) is 0 Å². The molecule has 2 aromatic carbocycles. The van der Waals surface area contributed by atoms with Crippen molar-refractivity contribution in [1.82, 2.24) is 0 Å². The molecular weight excluding hydrogens is 363 g/mol. The minimum absolute atomic E-state index is 0.109. The van der Waals surface area contributed by atoms with Crippen molar-refractivity contribution in [3.05, 3.63) is 42.0 Å². The van der Waals surface area contributed by atoms with Gasteiger partial charge in [-0.1, -0.05) is 12.1 Å². The molecule has 23 heavy (non-hydrogen) atoms. The molecule has 0 unspecified atom stereocenters. The monoisotopic (exact) mass is 368 g/mol. The summed E-state index contributed by atoms with van der Waals surface area (Å²) in [6.45, 7) is 0. The van der Waals surface area contributed by atoms with Crippen LogP contribution in [0, 0.1) is 11.6 Å². The van der Waals surface area contributed by atoms with E-state index in [-0.39, 0.29) is 14.8 Å². The van der Waals surface area contributed by atoms with Crippen molar-refractivity contribution >= 4 is 41.6 Å². The first kappa shape index (κ1) is 15.9. The molecule has 0 atom stereocenters. The van der Waals surface area contributed by atoms with Gasteiger partial charge in [0.1, 0.15) is 5.82 Å². The lowest BCUT2D eigenvalue weighted by Crippen LogP contribution is -2.28. The highest BCUT2D eigenvalue weighted by molar-refractivity contribution is 7.88. The Bertz CT molecular complexity index is 1020. The van der Waals surface area contributed by atoms with Crippen molar-refractivity contribution in [3.63, 3.8) is 0 Å². The molecule has 3 aromatic rings. The van der Waals surface area contributed by atoms with Crippen molar-refractivity contribution in [2.24, 2.45) is 0 Å². The Morgan fingerprint density at radius 2 is 1.61 bits per heavy atom. The molecule has 0 radical (unpaired) electrons. The predicted molar refractivity (Wildman–Crippen MR) is 74.8 cm³/mol. The minimum atomic E-state index is -5.99. The molecule has 10 heteroatoms. The molecule has 0 amide bonds. The second kappa shape index (κ2) is 5.03. The standard InChI is InChI=1S/C13H5F5O3S2/c14-8-3-1-2-6-7-4-5-9(10(15)12(7)22-11(6)8)21-23(19,20)13(16,17)18/h1-5H. The fourth-order valence-electron chi connectivity index (χ4n) is 2.01. The Balaban J connectivity index is 2.21. The molecule has 0 N–H and O–H groups in total. The van der Waals surface area contributed by atoms with E-state index in [1.165, 1.54) is 18.2 Å². The van der Waals surface area contributed by atoms with Crippen molar-refractivity contribution in [2.75, 3.05) is 0 Å². The molecule has 0 aliphatic heterocycles. The molecule has 0 spiro atoms. The maximum absolute atomic E-state index is 14.3. The second-order valence-corrected chi connectivity index (χ2v) is 7.01. The summed E-state index contributed by atoms with van der Waals surface area (Å²) in [5.74, 6) is -3.01. The molecule has 0 fully saturated rings. The summed E-state index contributed by atoms with van der Waals surface area (Å²) < 4.78 is 90.6. The lowest BCUT2D eigenvalue weighted by atomic mass is 10.1. The summed E-state index contributed by atoms with van der Waals surface area (Å²) in [5.41, 5.74) is -5.68. The average Bonchev–Trinajstić information content (AvgIpc) is 2.82. The largest absolute Gasteiger partial charge is 0.534 e. The quantitative estimate of drug-likeness (QED) is 0.378. The first-order valence-electron chi connectivity index (χ1n) is 5.92. The van der Waals surface area contributed by atoms with Gasteiger partial charge in [-0.3, -0.25) is 0 Å². The Kier molecular flexibility index (Phi) is 3.49. The van der Waals surface area contributed by atoms with Crippen LogP contribution < -0.4 is 4.18 Å². The van der Waals surface area contributed by atoms with Crippen LogP contribution in [0.2, 0.25) is 0 Å². The average molecular weight is 368 g/mol. The summed E-state index contributed by atoms with van der Waals surface area (Å²) in [4.78, 5) is 0. The fourth-order valence-corrected chi connectivity index (χ4v) is 3.60. The minimum Gasteiger partial charge on any atom is -0.373 e. The van der Waals surface area contributed by atoms with Gasteiger partial charge in [0, 0.05) is 10.8 Å². The number of fused-ring (bicyclic) bond motifs is 3. The van der Waals surface area contributed by atoms with Crippen LogP contribution in [-0.4, -0.2) is 13.9 Å². The van der Waals surface area contributed by atoms with Crippen molar-refractivity contribution in [3.8, 4) is 5.75 Å². The van der Waals surface area contributed by atoms with Gasteiger partial charge < -0.3 is 4.18 Å². The van der Waals surface area contributed by atoms with Crippen molar-refractivity contribution < 1.29 is 34.6 Å². The summed E-state index contributed by atoms with van der Waals surface area (Å²) in [7, 11) is -5.99. The zero-order chi connectivity index (χ0) is 17.0. The van der Waals surface area contributed by atoms with Crippen LogP contribution >= 0.6 is 11.3 Å². The van der Waals surface area contributed by atoms with E-state index in [0.717, 1.165) is 12.1 Å². The van der Waals surface area contributed by atoms with E-state index in [0.29, 0.717) is 16.7 Å². The topological polar surface area (TPSA) is 43.4 Å². The summed E-state index contributed by atoms with van der Waals surface area (Å²) in [6.07, 6.45) is 0. The molecule has 0 aliphatic carbocycles. The third kappa shape index (κ3) is 2.51. The molecule has 0 saturated carbocycles. The molecular formula is C13H5F5O3S2. The van der Waals surface area contributed by atoms with Crippen LogP contribution in [0.5, 0.6) is 5.75 Å². The molecule has 1 heterocycles. The third-order valence-electron chi connectivity index (χ3n) is 3.01. The van der Waals surface area contributed by atoms with Crippen LogP contribution in [-0.2, 0) is 10.1 Å². The van der Waals surface area contributed by atoms with Gasteiger partial charge in [-0.25, -0.2) is 8.78 Å². The molecule has 0 bridgehead atoms. The number of halogens is 5. The number of hydrogen-bond donors (Lipinski definition) is 0. The highest BCUT2D eigenvalue weighted by atomic mass is 32.2. The number of benzene rings is 2. The molecule has 122 valence electrons. The number of rotatable bonds is 2. The SMILES string of the molecule is O=S(=O)(Oc1ccc2c(sc3c(F)cccc32)c1F)C(F)(F)F. The first-order valence-corrected chi connectivity index (χ1v) is 8.14. The van der Waals surface area contributed by atoms with Gasteiger partial charge in [-0.15, -0.1) is 11.3 Å². The lowest BCUT2D eigenvalue weighted by Gasteiger charge is -2.10. The van der Waals surface area contributed by atoms with Crippen LogP contribution in [0.4, 0.5) is 22.0 Å². The molecule has 3 nitrogen and oxygen atoms in total. The Labute approximate surface area is 130 Å². The van der Waals surface area contributed by atoms with Crippen molar-refractivity contribution in [1.29, 1.82) is 0 Å². The first-order chi connectivity index (χ1) is 10.6. The van der Waals surface area contributed by atoms with Crippen LogP contribution in [0.25, 0.3) is 20.2 Å². The molecule has 3 rings (SSSR count). The third-order valence-corrected chi connectivity index (χ3v) is 5.19. The Morgan fingerprint density at radius 3 is 2.26 bits per heavy atom. The Morgan fingerprint density at radius 1 is 0.957 bits per heavy atom. The van der Waals surface area contributed by atoms with Gasteiger partial charge in [-0.05, 0) is 18.2 Å². The molecule has 0 saturated heterocycles. The summed E-state index contributed by atoms with van der Waals surface area (Å²) in [5, 5.41) is 0.618. The van der Waals surface area contributed by atoms with Gasteiger partial charge in [0.2, 0.25) is 0 Å². The zero-order valence-electron chi connectivity index (χ0n) is 10.8. The number of alkyl halides is 3.